The number of esters is 2. The molecule has 0 bridgehead atoms. The molecule has 0 aromatic heterocycles. The smallest absolute Gasteiger partial charge is 0.305 e. The highest BCUT2D eigenvalue weighted by Crippen LogP contribution is 2.15. The molecule has 0 unspecified atom stereocenters. The van der Waals surface area contributed by atoms with Crippen molar-refractivity contribution in [3.8, 4) is 0 Å². The minimum atomic E-state index is -0.124. The maximum atomic E-state index is 11.9. The first-order valence-corrected chi connectivity index (χ1v) is 20.0. The number of carbonyl (C=O) groups is 2. The highest BCUT2D eigenvalue weighted by molar-refractivity contribution is 5.70. The van der Waals surface area contributed by atoms with Crippen LogP contribution in [0, 0.1) is 0 Å². The summed E-state index contributed by atoms with van der Waals surface area (Å²) < 4.78 is 10.7. The summed E-state index contributed by atoms with van der Waals surface area (Å²) in [5, 5.41) is 0. The molecule has 0 radical (unpaired) electrons. The van der Waals surface area contributed by atoms with Crippen molar-refractivity contribution in [2.24, 2.45) is 0 Å². The monoisotopic (exact) mass is 623 g/mol. The lowest BCUT2D eigenvalue weighted by molar-refractivity contribution is -0.146. The van der Waals surface area contributed by atoms with Gasteiger partial charge in [-0.1, -0.05) is 194 Å². The first-order chi connectivity index (χ1) is 21.7. The number of ether oxygens (including phenoxy) is 2. The fraction of sp³-hybridized carbons (Fsp3) is 0.950. The number of carbonyl (C=O) groups excluding carboxylic acids is 2. The lowest BCUT2D eigenvalue weighted by Crippen LogP contribution is -2.08. The fourth-order valence-corrected chi connectivity index (χ4v) is 6.00. The molecule has 0 amide bonds. The molecule has 0 atom stereocenters. The zero-order valence-corrected chi connectivity index (χ0v) is 30.1. The van der Waals surface area contributed by atoms with E-state index in [0.29, 0.717) is 38.9 Å². The van der Waals surface area contributed by atoms with Gasteiger partial charge in [-0.3, -0.25) is 9.59 Å². The second kappa shape index (κ2) is 38.1. The van der Waals surface area contributed by atoms with Crippen LogP contribution in [0.15, 0.2) is 0 Å². The average Bonchev–Trinajstić information content (AvgIpc) is 3.02. The zero-order valence-electron chi connectivity index (χ0n) is 30.1. The summed E-state index contributed by atoms with van der Waals surface area (Å²) in [4.78, 5) is 23.9. The van der Waals surface area contributed by atoms with Gasteiger partial charge in [-0.25, -0.2) is 0 Å². The van der Waals surface area contributed by atoms with Crippen LogP contribution in [0.5, 0.6) is 0 Å². The van der Waals surface area contributed by atoms with Crippen molar-refractivity contribution in [3.05, 3.63) is 0 Å². The van der Waals surface area contributed by atoms with Gasteiger partial charge in [-0.2, -0.15) is 0 Å². The van der Waals surface area contributed by atoms with Crippen molar-refractivity contribution in [2.75, 3.05) is 13.2 Å². The molecule has 0 saturated heterocycles. The first kappa shape index (κ1) is 42.9. The lowest BCUT2D eigenvalue weighted by atomic mass is 10.0. The third kappa shape index (κ3) is 37.1. The highest BCUT2D eigenvalue weighted by Gasteiger charge is 2.06. The normalized spacial score (nSPS) is 11.2. The van der Waals surface area contributed by atoms with Gasteiger partial charge in [0.2, 0.25) is 0 Å². The minimum absolute atomic E-state index is 0.123. The molecule has 0 heterocycles. The second-order valence-electron chi connectivity index (χ2n) is 13.5. The van der Waals surface area contributed by atoms with Crippen LogP contribution in [0.25, 0.3) is 0 Å². The summed E-state index contributed by atoms with van der Waals surface area (Å²) in [5.41, 5.74) is 0. The topological polar surface area (TPSA) is 52.6 Å². The maximum absolute atomic E-state index is 11.9. The van der Waals surface area contributed by atoms with Crippen molar-refractivity contribution < 1.29 is 19.1 Å². The van der Waals surface area contributed by atoms with Gasteiger partial charge in [-0.05, 0) is 25.7 Å². The van der Waals surface area contributed by atoms with Crippen molar-refractivity contribution in [3.63, 3.8) is 0 Å². The Morgan fingerprint density at radius 1 is 0.295 bits per heavy atom. The second-order valence-corrected chi connectivity index (χ2v) is 13.5. The highest BCUT2D eigenvalue weighted by atomic mass is 16.5. The number of rotatable bonds is 37. The summed E-state index contributed by atoms with van der Waals surface area (Å²) in [5.74, 6) is -0.247. The Balaban J connectivity index is 3.25. The van der Waals surface area contributed by atoms with Crippen molar-refractivity contribution in [2.45, 2.75) is 232 Å². The zero-order chi connectivity index (χ0) is 32.0. The van der Waals surface area contributed by atoms with Crippen LogP contribution in [0.3, 0.4) is 0 Å². The largest absolute Gasteiger partial charge is 0.466 e. The Bertz CT molecular complexity index is 576. The van der Waals surface area contributed by atoms with E-state index in [1.807, 2.05) is 0 Å². The van der Waals surface area contributed by atoms with Gasteiger partial charge in [0.1, 0.15) is 0 Å². The SMILES string of the molecule is CCCCCCCCCCCCCCCCCCOC(=O)CCCCC(=O)OCCCCCCCCCCCCCCCC. The Hall–Kier alpha value is -1.06. The number of unbranched alkanes of at least 4 members (excludes halogenated alkanes) is 29. The van der Waals surface area contributed by atoms with E-state index in [2.05, 4.69) is 13.8 Å². The fourth-order valence-electron chi connectivity index (χ4n) is 6.00. The van der Waals surface area contributed by atoms with Crippen LogP contribution < -0.4 is 0 Å². The standard InChI is InChI=1S/C40H78O4/c1-3-5-7-9-11-13-15-17-19-20-22-24-26-28-30-34-38-44-40(42)36-32-31-35-39(41)43-37-33-29-27-25-23-21-18-16-14-12-10-8-6-4-2/h3-38H2,1-2H3. The van der Waals surface area contributed by atoms with Gasteiger partial charge in [0.25, 0.3) is 0 Å². The minimum Gasteiger partial charge on any atom is -0.466 e. The Kier molecular flexibility index (Phi) is 37.2. The van der Waals surface area contributed by atoms with Gasteiger partial charge in [-0.15, -0.1) is 0 Å². The van der Waals surface area contributed by atoms with Gasteiger partial charge in [0.15, 0.2) is 0 Å². The van der Waals surface area contributed by atoms with Gasteiger partial charge in [0, 0.05) is 12.8 Å². The molecule has 0 aliphatic heterocycles. The van der Waals surface area contributed by atoms with Gasteiger partial charge < -0.3 is 9.47 Å². The predicted octanol–water partition coefficient (Wildman–Crippen LogP) is 13.4. The maximum Gasteiger partial charge on any atom is 0.305 e. The molecule has 0 aliphatic carbocycles. The molecule has 0 aromatic carbocycles. The van der Waals surface area contributed by atoms with Gasteiger partial charge >= 0.3 is 11.9 Å². The van der Waals surface area contributed by atoms with Gasteiger partial charge in [0.05, 0.1) is 13.2 Å². The van der Waals surface area contributed by atoms with Crippen molar-refractivity contribution in [1.82, 2.24) is 0 Å². The molecular weight excluding hydrogens is 544 g/mol. The Labute approximate surface area is 276 Å². The molecule has 4 nitrogen and oxygen atoms in total. The summed E-state index contributed by atoms with van der Waals surface area (Å²) in [6.45, 7) is 5.64. The van der Waals surface area contributed by atoms with Crippen LogP contribution in [0.4, 0.5) is 0 Å². The quantitative estimate of drug-likeness (QED) is 0.0511. The third-order valence-electron chi connectivity index (χ3n) is 9.03. The van der Waals surface area contributed by atoms with Crippen LogP contribution >= 0.6 is 0 Å². The van der Waals surface area contributed by atoms with E-state index in [9.17, 15) is 9.59 Å². The summed E-state index contributed by atoms with van der Waals surface area (Å²) in [7, 11) is 0. The molecule has 262 valence electrons. The third-order valence-corrected chi connectivity index (χ3v) is 9.03. The summed E-state index contributed by atoms with van der Waals surface area (Å²) in [6, 6.07) is 0. The van der Waals surface area contributed by atoms with E-state index in [4.69, 9.17) is 9.47 Å². The van der Waals surface area contributed by atoms with E-state index in [1.165, 1.54) is 167 Å². The molecule has 0 rings (SSSR count). The molecule has 0 fully saturated rings. The molecule has 0 aromatic rings. The summed E-state index contributed by atoms with van der Waals surface area (Å²) in [6.07, 6.45) is 42.3. The van der Waals surface area contributed by atoms with Crippen LogP contribution in [-0.2, 0) is 19.1 Å². The van der Waals surface area contributed by atoms with E-state index >= 15 is 0 Å². The van der Waals surface area contributed by atoms with Crippen LogP contribution in [0.1, 0.15) is 232 Å². The van der Waals surface area contributed by atoms with Crippen LogP contribution in [0.2, 0.25) is 0 Å². The molecular formula is C40H78O4. The van der Waals surface area contributed by atoms with E-state index in [-0.39, 0.29) is 11.9 Å². The predicted molar refractivity (Wildman–Crippen MR) is 190 cm³/mol. The molecule has 0 N–H and O–H groups in total. The average molecular weight is 623 g/mol. The Morgan fingerprint density at radius 3 is 0.727 bits per heavy atom. The van der Waals surface area contributed by atoms with Crippen molar-refractivity contribution in [1.29, 1.82) is 0 Å². The number of hydrogen-bond acceptors (Lipinski definition) is 4. The first-order valence-electron chi connectivity index (χ1n) is 20.0. The number of hydrogen-bond donors (Lipinski definition) is 0. The molecule has 0 saturated carbocycles. The van der Waals surface area contributed by atoms with E-state index in [1.54, 1.807) is 0 Å². The molecule has 0 aliphatic rings. The van der Waals surface area contributed by atoms with E-state index < -0.39 is 0 Å². The molecule has 0 spiro atoms. The van der Waals surface area contributed by atoms with Crippen molar-refractivity contribution >= 4 is 11.9 Å². The lowest BCUT2D eigenvalue weighted by Gasteiger charge is -2.06. The molecule has 44 heavy (non-hydrogen) atoms. The van der Waals surface area contributed by atoms with Crippen LogP contribution in [-0.4, -0.2) is 25.2 Å². The summed E-state index contributed by atoms with van der Waals surface area (Å²) >= 11 is 0. The van der Waals surface area contributed by atoms with E-state index in [0.717, 1.165) is 25.7 Å². The molecule has 4 heteroatoms. The Morgan fingerprint density at radius 2 is 0.500 bits per heavy atom.